The first-order valence-corrected chi connectivity index (χ1v) is 5.61. The van der Waals surface area contributed by atoms with Crippen molar-refractivity contribution >= 4 is 17.5 Å². The lowest BCUT2D eigenvalue weighted by molar-refractivity contribution is 0.0689. The third-order valence-corrected chi connectivity index (χ3v) is 2.39. The molecule has 1 aromatic carbocycles. The molecule has 0 aliphatic carbocycles. The number of hydrogen-bond donors (Lipinski definition) is 2. The Balaban J connectivity index is 2.12. The van der Waals surface area contributed by atoms with Gasteiger partial charge in [0, 0.05) is 12.8 Å². The maximum Gasteiger partial charge on any atom is 0.356 e. The molecule has 0 fully saturated rings. The summed E-state index contributed by atoms with van der Waals surface area (Å²) in [5.74, 6) is -0.610. The largest absolute Gasteiger partial charge is 0.476 e. The lowest BCUT2D eigenvalue weighted by Crippen LogP contribution is -2.03. The highest BCUT2D eigenvalue weighted by atomic mass is 16.5. The van der Waals surface area contributed by atoms with Crippen molar-refractivity contribution in [3.8, 4) is 0 Å². The van der Waals surface area contributed by atoms with Crippen molar-refractivity contribution in [3.05, 3.63) is 47.7 Å². The Morgan fingerprint density at radius 3 is 2.79 bits per heavy atom. The molecular weight excluding hydrogens is 246 g/mol. The van der Waals surface area contributed by atoms with Crippen LogP contribution < -0.4 is 5.32 Å². The fourth-order valence-corrected chi connectivity index (χ4v) is 1.57. The summed E-state index contributed by atoms with van der Waals surface area (Å²) in [7, 11) is 1.64. The number of nitrogens with zero attached hydrogens (tertiary/aromatic N) is 2. The Morgan fingerprint density at radius 1 is 1.32 bits per heavy atom. The normalized spacial score (nSPS) is 10.2. The zero-order chi connectivity index (χ0) is 13.7. The molecule has 1 aromatic heterocycles. The van der Waals surface area contributed by atoms with Crippen LogP contribution in [0.1, 0.15) is 16.1 Å². The summed E-state index contributed by atoms with van der Waals surface area (Å²) in [5, 5.41) is 19.2. The van der Waals surface area contributed by atoms with Gasteiger partial charge in [0.2, 0.25) is 0 Å². The Labute approximate surface area is 110 Å². The zero-order valence-electron chi connectivity index (χ0n) is 10.3. The van der Waals surface area contributed by atoms with E-state index in [1.807, 2.05) is 24.3 Å². The van der Waals surface area contributed by atoms with Crippen LogP contribution >= 0.6 is 0 Å². The Bertz CT molecular complexity index is 570. The SMILES string of the molecule is COCc1cccc(Nc2ccc(C(=O)O)nn2)c1. The molecule has 0 atom stereocenters. The lowest BCUT2D eigenvalue weighted by Gasteiger charge is -2.07. The van der Waals surface area contributed by atoms with Gasteiger partial charge >= 0.3 is 5.97 Å². The molecule has 0 unspecified atom stereocenters. The van der Waals surface area contributed by atoms with Gasteiger partial charge in [-0.1, -0.05) is 12.1 Å². The summed E-state index contributed by atoms with van der Waals surface area (Å²) in [5.41, 5.74) is 1.79. The van der Waals surface area contributed by atoms with Crippen LogP contribution in [0.25, 0.3) is 0 Å². The number of carboxylic acid groups (broad SMARTS) is 1. The highest BCUT2D eigenvalue weighted by Gasteiger charge is 2.05. The van der Waals surface area contributed by atoms with Crippen molar-refractivity contribution < 1.29 is 14.6 Å². The average Bonchev–Trinajstić information content (AvgIpc) is 2.40. The predicted molar refractivity (Wildman–Crippen MR) is 69.4 cm³/mol. The van der Waals surface area contributed by atoms with Crippen molar-refractivity contribution in [2.24, 2.45) is 0 Å². The molecular formula is C13H13N3O3. The number of anilines is 2. The molecule has 6 nitrogen and oxygen atoms in total. The molecule has 19 heavy (non-hydrogen) atoms. The third-order valence-electron chi connectivity index (χ3n) is 2.39. The maximum atomic E-state index is 10.7. The molecule has 0 aliphatic rings. The number of benzene rings is 1. The molecule has 1 heterocycles. The fraction of sp³-hybridized carbons (Fsp3) is 0.154. The lowest BCUT2D eigenvalue weighted by atomic mass is 10.2. The van der Waals surface area contributed by atoms with Crippen molar-refractivity contribution in [1.29, 1.82) is 0 Å². The van der Waals surface area contributed by atoms with Crippen molar-refractivity contribution in [2.75, 3.05) is 12.4 Å². The van der Waals surface area contributed by atoms with Crippen LogP contribution in [-0.2, 0) is 11.3 Å². The molecule has 0 saturated carbocycles. The minimum atomic E-state index is -1.10. The number of ether oxygens (including phenoxy) is 1. The second-order valence-corrected chi connectivity index (χ2v) is 3.87. The predicted octanol–water partition coefficient (Wildman–Crippen LogP) is 2.06. The molecule has 0 amide bonds. The molecule has 98 valence electrons. The Kier molecular flexibility index (Phi) is 4.04. The molecule has 0 spiro atoms. The number of methoxy groups -OCH3 is 1. The second kappa shape index (κ2) is 5.92. The van der Waals surface area contributed by atoms with Crippen LogP contribution in [0.4, 0.5) is 11.5 Å². The Hall–Kier alpha value is -2.47. The van der Waals surface area contributed by atoms with Gasteiger partial charge in [0.25, 0.3) is 0 Å². The average molecular weight is 259 g/mol. The molecule has 2 aromatic rings. The summed E-state index contributed by atoms with van der Waals surface area (Å²) < 4.78 is 5.05. The summed E-state index contributed by atoms with van der Waals surface area (Å²) in [6, 6.07) is 10.6. The zero-order valence-corrected chi connectivity index (χ0v) is 10.3. The van der Waals surface area contributed by atoms with Crippen LogP contribution in [-0.4, -0.2) is 28.4 Å². The topological polar surface area (TPSA) is 84.3 Å². The number of hydrogen-bond acceptors (Lipinski definition) is 5. The second-order valence-electron chi connectivity index (χ2n) is 3.87. The van der Waals surface area contributed by atoms with Gasteiger partial charge in [-0.2, -0.15) is 0 Å². The first-order chi connectivity index (χ1) is 9.19. The third kappa shape index (κ3) is 3.49. The van der Waals surface area contributed by atoms with E-state index < -0.39 is 5.97 Å². The van der Waals surface area contributed by atoms with Gasteiger partial charge in [-0.25, -0.2) is 4.79 Å². The quantitative estimate of drug-likeness (QED) is 0.855. The number of nitrogens with one attached hydrogen (secondary N) is 1. The fourth-order valence-electron chi connectivity index (χ4n) is 1.57. The van der Waals surface area contributed by atoms with Gasteiger partial charge in [-0.3, -0.25) is 0 Å². The molecule has 2 rings (SSSR count). The van der Waals surface area contributed by atoms with Gasteiger partial charge in [-0.15, -0.1) is 10.2 Å². The first kappa shape index (κ1) is 13.0. The van der Waals surface area contributed by atoms with Gasteiger partial charge in [0.1, 0.15) is 0 Å². The van der Waals surface area contributed by atoms with Crippen LogP contribution in [0.2, 0.25) is 0 Å². The smallest absolute Gasteiger partial charge is 0.356 e. The number of aromatic carboxylic acids is 1. The Morgan fingerprint density at radius 2 is 2.16 bits per heavy atom. The summed E-state index contributed by atoms with van der Waals surface area (Å²) >= 11 is 0. The van der Waals surface area contributed by atoms with E-state index in [0.29, 0.717) is 12.4 Å². The van der Waals surface area contributed by atoms with Crippen LogP contribution in [0.15, 0.2) is 36.4 Å². The van der Waals surface area contributed by atoms with Crippen molar-refractivity contribution in [3.63, 3.8) is 0 Å². The van der Waals surface area contributed by atoms with Gasteiger partial charge in [0.05, 0.1) is 6.61 Å². The number of rotatable bonds is 5. The maximum absolute atomic E-state index is 10.7. The summed E-state index contributed by atoms with van der Waals surface area (Å²) in [4.78, 5) is 10.7. The van der Waals surface area contributed by atoms with E-state index in [9.17, 15) is 4.79 Å². The van der Waals surface area contributed by atoms with E-state index in [0.717, 1.165) is 11.3 Å². The molecule has 2 N–H and O–H groups in total. The molecule has 0 bridgehead atoms. The molecule has 0 radical (unpaired) electrons. The highest BCUT2D eigenvalue weighted by Crippen LogP contribution is 2.16. The van der Waals surface area contributed by atoms with E-state index in [1.165, 1.54) is 6.07 Å². The van der Waals surface area contributed by atoms with Crippen molar-refractivity contribution in [2.45, 2.75) is 6.61 Å². The summed E-state index contributed by atoms with van der Waals surface area (Å²) in [6.45, 7) is 0.527. The number of carboxylic acids is 1. The van der Waals surface area contributed by atoms with Gasteiger partial charge in [0.15, 0.2) is 11.5 Å². The molecule has 0 saturated heterocycles. The van der Waals surface area contributed by atoms with Crippen LogP contribution in [0.3, 0.4) is 0 Å². The molecule has 0 aliphatic heterocycles. The molecule has 6 heteroatoms. The summed E-state index contributed by atoms with van der Waals surface area (Å²) in [6.07, 6.45) is 0. The van der Waals surface area contributed by atoms with Gasteiger partial charge < -0.3 is 15.2 Å². The van der Waals surface area contributed by atoms with Crippen molar-refractivity contribution in [1.82, 2.24) is 10.2 Å². The first-order valence-electron chi connectivity index (χ1n) is 5.61. The highest BCUT2D eigenvalue weighted by molar-refractivity contribution is 5.85. The van der Waals surface area contributed by atoms with E-state index >= 15 is 0 Å². The monoisotopic (exact) mass is 259 g/mol. The number of aromatic nitrogens is 2. The van der Waals surface area contributed by atoms with E-state index in [1.54, 1.807) is 13.2 Å². The number of carbonyl (C=O) groups is 1. The van der Waals surface area contributed by atoms with Gasteiger partial charge in [-0.05, 0) is 29.8 Å². The minimum absolute atomic E-state index is 0.0846. The van der Waals surface area contributed by atoms with E-state index in [-0.39, 0.29) is 5.69 Å². The van der Waals surface area contributed by atoms with E-state index in [4.69, 9.17) is 9.84 Å². The van der Waals surface area contributed by atoms with Crippen LogP contribution in [0, 0.1) is 0 Å². The minimum Gasteiger partial charge on any atom is -0.476 e. The van der Waals surface area contributed by atoms with E-state index in [2.05, 4.69) is 15.5 Å². The standard InChI is InChI=1S/C13H13N3O3/c1-19-8-9-3-2-4-10(7-9)14-12-6-5-11(13(17)18)15-16-12/h2-7H,8H2,1H3,(H,14,16)(H,17,18). The van der Waals surface area contributed by atoms with Crippen LogP contribution in [0.5, 0.6) is 0 Å².